The van der Waals surface area contributed by atoms with Gasteiger partial charge in [-0.1, -0.05) is 45.4 Å². The van der Waals surface area contributed by atoms with E-state index in [4.69, 9.17) is 0 Å². The van der Waals surface area contributed by atoms with Gasteiger partial charge in [0.15, 0.2) is 0 Å². The molecule has 2 rings (SSSR count). The molecule has 0 bridgehead atoms. The standard InChI is InChI=1S/C18H26N2O4S/c1-12(2)10-18(11-13(3)4)16(21)20(17(22)19-18)25(23,24)15-8-6-14(5)7-9-15/h6-9,12-13H,10-11H2,1-5H3,(H,19,22). The maximum atomic E-state index is 13.1. The molecule has 3 amide bonds. The highest BCUT2D eigenvalue weighted by atomic mass is 32.2. The Morgan fingerprint density at radius 1 is 1.00 bits per heavy atom. The van der Waals surface area contributed by atoms with Gasteiger partial charge in [0.25, 0.3) is 15.9 Å². The minimum absolute atomic E-state index is 0.0634. The van der Waals surface area contributed by atoms with E-state index >= 15 is 0 Å². The fourth-order valence-electron chi connectivity index (χ4n) is 3.38. The highest BCUT2D eigenvalue weighted by Crippen LogP contribution is 2.34. The van der Waals surface area contributed by atoms with Gasteiger partial charge in [0.2, 0.25) is 0 Å². The van der Waals surface area contributed by atoms with Crippen LogP contribution in [0.2, 0.25) is 0 Å². The smallest absolute Gasteiger partial charge is 0.322 e. The Morgan fingerprint density at radius 2 is 1.48 bits per heavy atom. The first kappa shape index (κ1) is 19.4. The summed E-state index contributed by atoms with van der Waals surface area (Å²) in [5, 5.41) is 2.68. The Hall–Kier alpha value is -1.89. The van der Waals surface area contributed by atoms with E-state index in [0.717, 1.165) is 5.56 Å². The van der Waals surface area contributed by atoms with Crippen LogP contribution in [0.1, 0.15) is 46.1 Å². The van der Waals surface area contributed by atoms with Crippen LogP contribution in [0.5, 0.6) is 0 Å². The number of amides is 3. The first-order valence-corrected chi connectivity index (χ1v) is 9.92. The van der Waals surface area contributed by atoms with Crippen LogP contribution in [-0.4, -0.2) is 30.2 Å². The van der Waals surface area contributed by atoms with E-state index in [1.54, 1.807) is 12.1 Å². The van der Waals surface area contributed by atoms with Gasteiger partial charge in [-0.05, 0) is 43.7 Å². The molecule has 0 spiro atoms. The monoisotopic (exact) mass is 366 g/mol. The number of nitrogens with one attached hydrogen (secondary N) is 1. The molecular formula is C18H26N2O4S. The largest absolute Gasteiger partial charge is 0.339 e. The lowest BCUT2D eigenvalue weighted by molar-refractivity contribution is -0.129. The molecule has 1 aliphatic heterocycles. The van der Waals surface area contributed by atoms with E-state index < -0.39 is 27.5 Å². The van der Waals surface area contributed by atoms with Crippen molar-refractivity contribution in [2.45, 2.75) is 57.9 Å². The SMILES string of the molecule is Cc1ccc(S(=O)(=O)N2C(=O)NC(CC(C)C)(CC(C)C)C2=O)cc1. The highest BCUT2D eigenvalue weighted by Gasteiger charge is 2.55. The lowest BCUT2D eigenvalue weighted by Gasteiger charge is -2.30. The molecule has 1 saturated heterocycles. The number of sulfonamides is 1. The minimum atomic E-state index is -4.22. The topological polar surface area (TPSA) is 83.6 Å². The summed E-state index contributed by atoms with van der Waals surface area (Å²) in [7, 11) is -4.22. The van der Waals surface area contributed by atoms with E-state index in [9.17, 15) is 18.0 Å². The average Bonchev–Trinajstić information content (AvgIpc) is 2.68. The molecule has 1 N–H and O–H groups in total. The van der Waals surface area contributed by atoms with Gasteiger partial charge in [0.05, 0.1) is 4.90 Å². The predicted octanol–water partition coefficient (Wildman–Crippen LogP) is 3.07. The Bertz CT molecular complexity index is 757. The van der Waals surface area contributed by atoms with Crippen LogP contribution in [-0.2, 0) is 14.8 Å². The molecule has 1 heterocycles. The summed E-state index contributed by atoms with van der Waals surface area (Å²) in [5.41, 5.74) is -0.276. The summed E-state index contributed by atoms with van der Waals surface area (Å²) in [5.74, 6) is -0.421. The summed E-state index contributed by atoms with van der Waals surface area (Å²) >= 11 is 0. The molecule has 1 aromatic carbocycles. The van der Waals surface area contributed by atoms with Crippen molar-refractivity contribution in [2.75, 3.05) is 0 Å². The van der Waals surface area contributed by atoms with Crippen LogP contribution in [0.25, 0.3) is 0 Å². The quantitative estimate of drug-likeness (QED) is 0.784. The maximum absolute atomic E-state index is 13.1. The Kier molecular flexibility index (Phi) is 5.27. The number of nitrogens with zero attached hydrogens (tertiary/aromatic N) is 1. The molecule has 0 radical (unpaired) electrons. The van der Waals surface area contributed by atoms with Gasteiger partial charge in [-0.25, -0.2) is 13.2 Å². The molecule has 0 atom stereocenters. The normalized spacial score (nSPS) is 17.5. The Morgan fingerprint density at radius 3 is 1.92 bits per heavy atom. The van der Waals surface area contributed by atoms with E-state index in [2.05, 4.69) is 5.32 Å². The number of aryl methyl sites for hydroxylation is 1. The number of carbonyl (C=O) groups is 2. The number of urea groups is 1. The number of imide groups is 1. The van der Waals surface area contributed by atoms with Gasteiger partial charge >= 0.3 is 6.03 Å². The lowest BCUT2D eigenvalue weighted by Crippen LogP contribution is -2.49. The fraction of sp³-hybridized carbons (Fsp3) is 0.556. The molecule has 0 aromatic heterocycles. The second-order valence-corrected chi connectivity index (χ2v) is 9.38. The minimum Gasteiger partial charge on any atom is -0.322 e. The molecule has 0 saturated carbocycles. The van der Waals surface area contributed by atoms with Crippen molar-refractivity contribution in [1.29, 1.82) is 0 Å². The van der Waals surface area contributed by atoms with Crippen molar-refractivity contribution < 1.29 is 18.0 Å². The molecular weight excluding hydrogens is 340 g/mol. The van der Waals surface area contributed by atoms with Gasteiger partial charge in [0.1, 0.15) is 5.54 Å². The van der Waals surface area contributed by atoms with Gasteiger partial charge in [0, 0.05) is 0 Å². The molecule has 6 nitrogen and oxygen atoms in total. The van der Waals surface area contributed by atoms with Gasteiger partial charge < -0.3 is 5.32 Å². The number of carbonyl (C=O) groups excluding carboxylic acids is 2. The second kappa shape index (κ2) is 6.78. The van der Waals surface area contributed by atoms with E-state index in [0.29, 0.717) is 17.1 Å². The van der Waals surface area contributed by atoms with Crippen LogP contribution in [0.4, 0.5) is 4.79 Å². The van der Waals surface area contributed by atoms with E-state index in [-0.39, 0.29) is 16.7 Å². The Labute approximate surface area is 149 Å². The fourth-order valence-corrected chi connectivity index (χ4v) is 4.73. The number of rotatable bonds is 6. The molecule has 7 heteroatoms. The van der Waals surface area contributed by atoms with Crippen molar-refractivity contribution in [1.82, 2.24) is 9.62 Å². The van der Waals surface area contributed by atoms with Gasteiger partial charge in [-0.3, -0.25) is 4.79 Å². The summed E-state index contributed by atoms with van der Waals surface area (Å²) in [6, 6.07) is 5.24. The van der Waals surface area contributed by atoms with Gasteiger partial charge in [-0.2, -0.15) is 0 Å². The van der Waals surface area contributed by atoms with Crippen molar-refractivity contribution >= 4 is 22.0 Å². The second-order valence-electron chi connectivity index (χ2n) is 7.60. The molecule has 138 valence electrons. The van der Waals surface area contributed by atoms with Crippen molar-refractivity contribution in [3.05, 3.63) is 29.8 Å². The van der Waals surface area contributed by atoms with Crippen LogP contribution in [0.3, 0.4) is 0 Å². The zero-order valence-corrected chi connectivity index (χ0v) is 16.2. The molecule has 0 aliphatic carbocycles. The number of hydrogen-bond acceptors (Lipinski definition) is 4. The van der Waals surface area contributed by atoms with Crippen LogP contribution in [0, 0.1) is 18.8 Å². The summed E-state index contributed by atoms with van der Waals surface area (Å²) in [4.78, 5) is 25.5. The molecule has 25 heavy (non-hydrogen) atoms. The highest BCUT2D eigenvalue weighted by molar-refractivity contribution is 7.90. The Balaban J connectivity index is 2.47. The average molecular weight is 366 g/mol. The van der Waals surface area contributed by atoms with Crippen LogP contribution >= 0.6 is 0 Å². The van der Waals surface area contributed by atoms with Crippen LogP contribution < -0.4 is 5.32 Å². The van der Waals surface area contributed by atoms with Crippen LogP contribution in [0.15, 0.2) is 29.2 Å². The molecule has 0 unspecified atom stereocenters. The molecule has 1 fully saturated rings. The zero-order valence-electron chi connectivity index (χ0n) is 15.4. The summed E-state index contributed by atoms with van der Waals surface area (Å²) in [6.45, 7) is 9.61. The predicted molar refractivity (Wildman–Crippen MR) is 95.4 cm³/mol. The van der Waals surface area contributed by atoms with Crippen molar-refractivity contribution in [2.24, 2.45) is 11.8 Å². The summed E-state index contributed by atoms with van der Waals surface area (Å²) in [6.07, 6.45) is 0.797. The maximum Gasteiger partial charge on any atom is 0.339 e. The first-order valence-electron chi connectivity index (χ1n) is 8.48. The van der Waals surface area contributed by atoms with Gasteiger partial charge in [-0.15, -0.1) is 4.31 Å². The van der Waals surface area contributed by atoms with E-state index in [1.807, 2.05) is 34.6 Å². The molecule has 1 aromatic rings. The third kappa shape index (κ3) is 3.71. The zero-order chi connectivity index (χ0) is 19.0. The number of benzene rings is 1. The third-order valence-electron chi connectivity index (χ3n) is 4.20. The van der Waals surface area contributed by atoms with Crippen molar-refractivity contribution in [3.63, 3.8) is 0 Å². The first-order chi connectivity index (χ1) is 11.5. The van der Waals surface area contributed by atoms with Crippen molar-refractivity contribution in [3.8, 4) is 0 Å². The summed E-state index contributed by atoms with van der Waals surface area (Å²) < 4.78 is 26.1. The lowest BCUT2D eigenvalue weighted by atomic mass is 9.82. The number of hydrogen-bond donors (Lipinski definition) is 1. The molecule has 1 aliphatic rings. The third-order valence-corrected chi connectivity index (χ3v) is 5.88. The van der Waals surface area contributed by atoms with E-state index in [1.165, 1.54) is 12.1 Å².